The molecule has 19 heavy (non-hydrogen) atoms. The molecular formula is C14H22N4O. The third kappa shape index (κ3) is 3.04. The van der Waals surface area contributed by atoms with E-state index in [9.17, 15) is 5.11 Å². The Hall–Kier alpha value is -1.62. The fraction of sp³-hybridized carbons (Fsp3) is 0.571. The fourth-order valence-electron chi connectivity index (χ4n) is 2.81. The Balaban J connectivity index is 2.22. The second kappa shape index (κ2) is 5.57. The highest BCUT2D eigenvalue weighted by Crippen LogP contribution is 2.35. The molecule has 0 bridgehead atoms. The van der Waals surface area contributed by atoms with Gasteiger partial charge in [-0.2, -0.15) is 4.98 Å². The van der Waals surface area contributed by atoms with Gasteiger partial charge in [-0.05, 0) is 26.2 Å². The van der Waals surface area contributed by atoms with Crippen molar-refractivity contribution in [1.29, 1.82) is 0 Å². The molecule has 0 aliphatic carbocycles. The first kappa shape index (κ1) is 13.8. The number of aliphatic hydroxyl groups excluding tert-OH is 1. The number of piperidine rings is 1. The third-order valence-electron chi connectivity index (χ3n) is 3.76. The first-order chi connectivity index (χ1) is 9.08. The van der Waals surface area contributed by atoms with E-state index in [4.69, 9.17) is 5.73 Å². The zero-order chi connectivity index (χ0) is 13.9. The van der Waals surface area contributed by atoms with Crippen LogP contribution < -0.4 is 10.6 Å². The number of rotatable bonds is 4. The number of hydrogen-bond donors (Lipinski definition) is 2. The lowest BCUT2D eigenvalue weighted by molar-refractivity contribution is 0.108. The highest BCUT2D eigenvalue weighted by atomic mass is 16.3. The number of aliphatic hydroxyl groups is 1. The molecule has 2 heterocycles. The summed E-state index contributed by atoms with van der Waals surface area (Å²) in [7, 11) is 0. The zero-order valence-corrected chi connectivity index (χ0v) is 11.5. The van der Waals surface area contributed by atoms with Crippen LogP contribution >= 0.6 is 0 Å². The van der Waals surface area contributed by atoms with Gasteiger partial charge in [0, 0.05) is 30.3 Å². The average molecular weight is 262 g/mol. The maximum atomic E-state index is 9.71. The average Bonchev–Trinajstić information content (AvgIpc) is 2.38. The van der Waals surface area contributed by atoms with Crippen LogP contribution in [0.4, 0.5) is 11.8 Å². The van der Waals surface area contributed by atoms with Crippen molar-refractivity contribution in [1.82, 2.24) is 9.97 Å². The van der Waals surface area contributed by atoms with Crippen molar-refractivity contribution < 1.29 is 5.11 Å². The minimum atomic E-state index is -0.104. The number of allylic oxidation sites excluding steroid dienone is 1. The third-order valence-corrected chi connectivity index (χ3v) is 3.76. The predicted molar refractivity (Wildman–Crippen MR) is 77.0 cm³/mol. The van der Waals surface area contributed by atoms with Gasteiger partial charge in [-0.25, -0.2) is 4.98 Å². The summed E-state index contributed by atoms with van der Waals surface area (Å²) in [4.78, 5) is 10.6. The summed E-state index contributed by atoms with van der Waals surface area (Å²) >= 11 is 0. The molecule has 3 N–H and O–H groups in total. The molecule has 0 radical (unpaired) electrons. The normalized spacial score (nSPS) is 23.4. The van der Waals surface area contributed by atoms with Gasteiger partial charge in [-0.3, -0.25) is 0 Å². The van der Waals surface area contributed by atoms with E-state index >= 15 is 0 Å². The summed E-state index contributed by atoms with van der Waals surface area (Å²) in [5, 5.41) is 9.71. The molecular weight excluding hydrogens is 240 g/mol. The zero-order valence-electron chi connectivity index (χ0n) is 11.5. The maximum absolute atomic E-state index is 9.71. The Bertz CT molecular complexity index is 443. The van der Waals surface area contributed by atoms with Gasteiger partial charge in [-0.1, -0.05) is 6.08 Å². The summed E-state index contributed by atoms with van der Waals surface area (Å²) in [6.45, 7) is 7.61. The fourth-order valence-corrected chi connectivity index (χ4v) is 2.81. The molecule has 0 saturated carbocycles. The number of anilines is 2. The van der Waals surface area contributed by atoms with Crippen molar-refractivity contribution in [3.63, 3.8) is 0 Å². The lowest BCUT2D eigenvalue weighted by Gasteiger charge is -2.42. The SMILES string of the molecule is C=CCC1(CO)CCCN(c2cc(C)nc(N)n2)C1. The minimum absolute atomic E-state index is 0.104. The van der Waals surface area contributed by atoms with E-state index in [0.29, 0.717) is 5.95 Å². The monoisotopic (exact) mass is 262 g/mol. The molecule has 5 heteroatoms. The van der Waals surface area contributed by atoms with E-state index in [-0.39, 0.29) is 12.0 Å². The molecule has 1 aromatic rings. The minimum Gasteiger partial charge on any atom is -0.396 e. The van der Waals surface area contributed by atoms with Crippen molar-refractivity contribution in [2.75, 3.05) is 30.3 Å². The second-order valence-electron chi connectivity index (χ2n) is 5.40. The Morgan fingerprint density at radius 1 is 1.58 bits per heavy atom. The second-order valence-corrected chi connectivity index (χ2v) is 5.40. The molecule has 1 atom stereocenters. The lowest BCUT2D eigenvalue weighted by atomic mass is 9.78. The molecule has 0 amide bonds. The van der Waals surface area contributed by atoms with Gasteiger partial charge in [0.1, 0.15) is 5.82 Å². The summed E-state index contributed by atoms with van der Waals surface area (Å²) < 4.78 is 0. The van der Waals surface area contributed by atoms with Crippen molar-refractivity contribution in [2.24, 2.45) is 5.41 Å². The smallest absolute Gasteiger partial charge is 0.222 e. The Labute approximate surface area is 114 Å². The highest BCUT2D eigenvalue weighted by Gasteiger charge is 2.34. The van der Waals surface area contributed by atoms with Gasteiger partial charge in [0.05, 0.1) is 6.61 Å². The van der Waals surface area contributed by atoms with Crippen LogP contribution in [0.1, 0.15) is 25.0 Å². The van der Waals surface area contributed by atoms with Crippen LogP contribution in [0, 0.1) is 12.3 Å². The lowest BCUT2D eigenvalue weighted by Crippen LogP contribution is -2.45. The highest BCUT2D eigenvalue weighted by molar-refractivity contribution is 5.44. The van der Waals surface area contributed by atoms with Gasteiger partial charge >= 0.3 is 0 Å². The van der Waals surface area contributed by atoms with Gasteiger partial charge in [0.25, 0.3) is 0 Å². The van der Waals surface area contributed by atoms with E-state index in [1.165, 1.54) is 0 Å². The molecule has 1 fully saturated rings. The van der Waals surface area contributed by atoms with E-state index < -0.39 is 0 Å². The van der Waals surface area contributed by atoms with E-state index in [1.807, 2.05) is 19.1 Å². The summed E-state index contributed by atoms with van der Waals surface area (Å²) in [5.41, 5.74) is 6.47. The number of nitrogens with two attached hydrogens (primary N) is 1. The van der Waals surface area contributed by atoms with Crippen LogP contribution in [-0.4, -0.2) is 34.8 Å². The number of nitrogen functional groups attached to an aromatic ring is 1. The van der Waals surface area contributed by atoms with Gasteiger partial charge in [0.2, 0.25) is 5.95 Å². The van der Waals surface area contributed by atoms with Crippen LogP contribution in [0.25, 0.3) is 0 Å². The number of nitrogens with zero attached hydrogens (tertiary/aromatic N) is 3. The molecule has 1 aliphatic heterocycles. The topological polar surface area (TPSA) is 75.3 Å². The van der Waals surface area contributed by atoms with Crippen LogP contribution in [-0.2, 0) is 0 Å². The maximum Gasteiger partial charge on any atom is 0.222 e. The molecule has 1 aliphatic rings. The number of aryl methyl sites for hydroxylation is 1. The van der Waals surface area contributed by atoms with Crippen LogP contribution in [0.5, 0.6) is 0 Å². The van der Waals surface area contributed by atoms with Crippen LogP contribution in [0.2, 0.25) is 0 Å². The molecule has 1 aromatic heterocycles. The first-order valence-corrected chi connectivity index (χ1v) is 6.66. The molecule has 5 nitrogen and oxygen atoms in total. The molecule has 1 saturated heterocycles. The largest absolute Gasteiger partial charge is 0.396 e. The molecule has 0 aromatic carbocycles. The van der Waals surface area contributed by atoms with Gasteiger partial charge in [0.15, 0.2) is 0 Å². The van der Waals surface area contributed by atoms with Crippen molar-refractivity contribution in [3.05, 3.63) is 24.4 Å². The van der Waals surface area contributed by atoms with Crippen LogP contribution in [0.3, 0.4) is 0 Å². The predicted octanol–water partition coefficient (Wildman–Crippen LogP) is 1.52. The Kier molecular flexibility index (Phi) is 4.04. The summed E-state index contributed by atoms with van der Waals surface area (Å²) in [5.74, 6) is 1.16. The first-order valence-electron chi connectivity index (χ1n) is 6.66. The van der Waals surface area contributed by atoms with Crippen molar-refractivity contribution >= 4 is 11.8 Å². The Morgan fingerprint density at radius 2 is 2.37 bits per heavy atom. The van der Waals surface area contributed by atoms with Gasteiger partial charge < -0.3 is 15.7 Å². The summed E-state index contributed by atoms with van der Waals surface area (Å²) in [6, 6.07) is 1.94. The van der Waals surface area contributed by atoms with Gasteiger partial charge in [-0.15, -0.1) is 6.58 Å². The Morgan fingerprint density at radius 3 is 3.00 bits per heavy atom. The molecule has 2 rings (SSSR count). The standard InChI is InChI=1S/C14H22N4O/c1-3-5-14(10-19)6-4-7-18(9-14)12-8-11(2)16-13(15)17-12/h3,8,19H,1,4-7,9-10H2,2H3,(H2,15,16,17). The number of hydrogen-bond acceptors (Lipinski definition) is 5. The van der Waals surface area contributed by atoms with E-state index in [1.54, 1.807) is 0 Å². The molecule has 104 valence electrons. The molecule has 1 unspecified atom stereocenters. The van der Waals surface area contributed by atoms with E-state index in [2.05, 4.69) is 21.4 Å². The van der Waals surface area contributed by atoms with E-state index in [0.717, 1.165) is 43.9 Å². The summed E-state index contributed by atoms with van der Waals surface area (Å²) in [6.07, 6.45) is 4.77. The van der Waals surface area contributed by atoms with Crippen molar-refractivity contribution in [2.45, 2.75) is 26.2 Å². The van der Waals surface area contributed by atoms with Crippen molar-refractivity contribution in [3.8, 4) is 0 Å². The quantitative estimate of drug-likeness (QED) is 0.805. The molecule has 0 spiro atoms. The number of aromatic nitrogens is 2. The van der Waals surface area contributed by atoms with Crippen LogP contribution in [0.15, 0.2) is 18.7 Å².